The van der Waals surface area contributed by atoms with Gasteiger partial charge in [-0.25, -0.2) is 9.97 Å². The molecule has 6 heteroatoms. The van der Waals surface area contributed by atoms with Crippen molar-refractivity contribution in [2.75, 3.05) is 51.4 Å². The van der Waals surface area contributed by atoms with Crippen LogP contribution < -0.4 is 9.64 Å². The number of aromatic nitrogens is 2. The van der Waals surface area contributed by atoms with Crippen molar-refractivity contribution in [3.05, 3.63) is 12.4 Å². The van der Waals surface area contributed by atoms with E-state index in [0.29, 0.717) is 11.8 Å². The van der Waals surface area contributed by atoms with Gasteiger partial charge in [-0.1, -0.05) is 0 Å². The molecule has 0 bridgehead atoms. The summed E-state index contributed by atoms with van der Waals surface area (Å²) < 4.78 is 10.5. The number of ether oxygens (including phenoxy) is 2. The molecule has 3 rings (SSSR count). The van der Waals surface area contributed by atoms with Crippen LogP contribution >= 0.6 is 0 Å². The van der Waals surface area contributed by atoms with Crippen LogP contribution in [0.25, 0.3) is 0 Å². The average Bonchev–Trinajstić information content (AvgIpc) is 2.56. The van der Waals surface area contributed by atoms with E-state index in [1.54, 1.807) is 19.5 Å². The van der Waals surface area contributed by atoms with Crippen LogP contribution in [0.15, 0.2) is 12.4 Å². The van der Waals surface area contributed by atoms with E-state index in [4.69, 9.17) is 9.47 Å². The van der Waals surface area contributed by atoms with Crippen LogP contribution in [0.3, 0.4) is 0 Å². The molecule has 110 valence electrons. The molecule has 0 saturated carbocycles. The topological polar surface area (TPSA) is 50.7 Å². The van der Waals surface area contributed by atoms with E-state index < -0.39 is 0 Å². The number of hydrogen-bond donors (Lipinski definition) is 0. The van der Waals surface area contributed by atoms with Crippen molar-refractivity contribution in [3.8, 4) is 5.75 Å². The molecule has 3 heterocycles. The van der Waals surface area contributed by atoms with E-state index in [2.05, 4.69) is 19.8 Å². The maximum Gasteiger partial charge on any atom is 0.225 e. The Balaban J connectivity index is 1.54. The van der Waals surface area contributed by atoms with Crippen LogP contribution in [-0.2, 0) is 4.74 Å². The molecule has 0 N–H and O–H groups in total. The molecule has 20 heavy (non-hydrogen) atoms. The van der Waals surface area contributed by atoms with Gasteiger partial charge in [0.05, 0.1) is 19.5 Å². The lowest BCUT2D eigenvalue weighted by Gasteiger charge is -2.40. The lowest BCUT2D eigenvalue weighted by Crippen LogP contribution is -2.52. The van der Waals surface area contributed by atoms with Crippen LogP contribution in [0.1, 0.15) is 12.8 Å². The molecule has 0 aromatic carbocycles. The zero-order valence-electron chi connectivity index (χ0n) is 12.0. The summed E-state index contributed by atoms with van der Waals surface area (Å²) in [5.41, 5.74) is 0. The molecule has 1 aromatic heterocycles. The predicted octanol–water partition coefficient (Wildman–Crippen LogP) is 0.786. The molecule has 0 aliphatic carbocycles. The first-order valence-corrected chi connectivity index (χ1v) is 7.29. The number of methoxy groups -OCH3 is 1. The molecule has 0 spiro atoms. The van der Waals surface area contributed by atoms with Crippen molar-refractivity contribution in [2.45, 2.75) is 18.9 Å². The van der Waals surface area contributed by atoms with Gasteiger partial charge in [0, 0.05) is 45.4 Å². The molecule has 0 amide bonds. The van der Waals surface area contributed by atoms with Crippen LogP contribution in [0, 0.1) is 0 Å². The molecule has 6 nitrogen and oxygen atoms in total. The van der Waals surface area contributed by atoms with Crippen LogP contribution in [0.5, 0.6) is 5.75 Å². The Hall–Kier alpha value is -1.40. The first-order chi connectivity index (χ1) is 9.86. The normalized spacial score (nSPS) is 21.9. The quantitative estimate of drug-likeness (QED) is 0.814. The van der Waals surface area contributed by atoms with E-state index in [9.17, 15) is 0 Å². The van der Waals surface area contributed by atoms with Gasteiger partial charge in [0.2, 0.25) is 5.95 Å². The van der Waals surface area contributed by atoms with E-state index >= 15 is 0 Å². The lowest BCUT2D eigenvalue weighted by molar-refractivity contribution is 0.0320. The van der Waals surface area contributed by atoms with Crippen molar-refractivity contribution in [1.29, 1.82) is 0 Å². The molecular formula is C14H22N4O2. The summed E-state index contributed by atoms with van der Waals surface area (Å²) in [5, 5.41) is 0. The van der Waals surface area contributed by atoms with E-state index in [1.165, 1.54) is 12.8 Å². The van der Waals surface area contributed by atoms with Gasteiger partial charge in [-0.15, -0.1) is 0 Å². The zero-order chi connectivity index (χ0) is 13.8. The highest BCUT2D eigenvalue weighted by Gasteiger charge is 2.26. The number of rotatable bonds is 3. The van der Waals surface area contributed by atoms with Gasteiger partial charge in [0.15, 0.2) is 5.75 Å². The van der Waals surface area contributed by atoms with Crippen molar-refractivity contribution in [2.24, 2.45) is 0 Å². The fraction of sp³-hybridized carbons (Fsp3) is 0.714. The van der Waals surface area contributed by atoms with Gasteiger partial charge in [-0.3, -0.25) is 4.90 Å². The Morgan fingerprint density at radius 3 is 2.35 bits per heavy atom. The zero-order valence-corrected chi connectivity index (χ0v) is 12.0. The number of nitrogens with zero attached hydrogens (tertiary/aromatic N) is 4. The number of anilines is 1. The third kappa shape index (κ3) is 3.02. The van der Waals surface area contributed by atoms with Crippen molar-refractivity contribution in [1.82, 2.24) is 14.9 Å². The Morgan fingerprint density at radius 2 is 1.75 bits per heavy atom. The lowest BCUT2D eigenvalue weighted by atomic mass is 10.1. The average molecular weight is 278 g/mol. The van der Waals surface area contributed by atoms with Crippen LogP contribution in [-0.4, -0.2) is 67.4 Å². The van der Waals surface area contributed by atoms with Gasteiger partial charge in [0.25, 0.3) is 0 Å². The highest BCUT2D eigenvalue weighted by molar-refractivity contribution is 5.32. The Bertz CT molecular complexity index is 412. The van der Waals surface area contributed by atoms with Gasteiger partial charge in [-0.2, -0.15) is 0 Å². The largest absolute Gasteiger partial charge is 0.494 e. The summed E-state index contributed by atoms with van der Waals surface area (Å²) in [6.07, 6.45) is 5.79. The molecule has 1 aromatic rings. The highest BCUT2D eigenvalue weighted by Crippen LogP contribution is 2.19. The second-order valence-electron chi connectivity index (χ2n) is 5.29. The van der Waals surface area contributed by atoms with Crippen LogP contribution in [0.2, 0.25) is 0 Å². The Morgan fingerprint density at radius 1 is 1.10 bits per heavy atom. The number of hydrogen-bond acceptors (Lipinski definition) is 6. The smallest absolute Gasteiger partial charge is 0.225 e. The summed E-state index contributed by atoms with van der Waals surface area (Å²) >= 11 is 0. The minimum absolute atomic E-state index is 0.697. The first kappa shape index (κ1) is 13.6. The highest BCUT2D eigenvalue weighted by atomic mass is 16.5. The second-order valence-corrected chi connectivity index (χ2v) is 5.29. The molecule has 2 aliphatic rings. The van der Waals surface area contributed by atoms with Crippen molar-refractivity contribution >= 4 is 5.95 Å². The maximum atomic E-state index is 5.43. The fourth-order valence-electron chi connectivity index (χ4n) is 2.92. The van der Waals surface area contributed by atoms with Gasteiger partial charge >= 0.3 is 0 Å². The summed E-state index contributed by atoms with van der Waals surface area (Å²) in [4.78, 5) is 13.6. The third-order valence-corrected chi connectivity index (χ3v) is 4.15. The van der Waals surface area contributed by atoms with Gasteiger partial charge in [-0.05, 0) is 12.8 Å². The van der Waals surface area contributed by atoms with Gasteiger partial charge in [0.1, 0.15) is 0 Å². The third-order valence-electron chi connectivity index (χ3n) is 4.15. The van der Waals surface area contributed by atoms with E-state index in [-0.39, 0.29) is 0 Å². The minimum atomic E-state index is 0.697. The molecule has 2 saturated heterocycles. The summed E-state index contributed by atoms with van der Waals surface area (Å²) in [6, 6.07) is 0.697. The summed E-state index contributed by atoms with van der Waals surface area (Å²) in [6.45, 7) is 5.96. The number of piperazine rings is 1. The molecule has 0 atom stereocenters. The molecular weight excluding hydrogens is 256 g/mol. The molecule has 2 fully saturated rings. The monoisotopic (exact) mass is 278 g/mol. The predicted molar refractivity (Wildman–Crippen MR) is 76.2 cm³/mol. The van der Waals surface area contributed by atoms with Gasteiger partial charge < -0.3 is 14.4 Å². The van der Waals surface area contributed by atoms with Crippen LogP contribution in [0.4, 0.5) is 5.95 Å². The first-order valence-electron chi connectivity index (χ1n) is 7.29. The minimum Gasteiger partial charge on any atom is -0.494 e. The molecule has 0 unspecified atom stereocenters. The Labute approximate surface area is 119 Å². The maximum absolute atomic E-state index is 5.43. The summed E-state index contributed by atoms with van der Waals surface area (Å²) in [7, 11) is 1.63. The van der Waals surface area contributed by atoms with Crippen molar-refractivity contribution < 1.29 is 9.47 Å². The van der Waals surface area contributed by atoms with E-state index in [1.807, 2.05) is 0 Å². The second kappa shape index (κ2) is 6.37. The SMILES string of the molecule is COc1cnc(N2CCN(C3CCOCC3)CC2)nc1. The fourth-order valence-corrected chi connectivity index (χ4v) is 2.92. The standard InChI is InChI=1S/C14H22N4O2/c1-19-13-10-15-14(16-11-13)18-6-4-17(5-7-18)12-2-8-20-9-3-12/h10-12H,2-9H2,1H3. The van der Waals surface area contributed by atoms with Crippen molar-refractivity contribution in [3.63, 3.8) is 0 Å². The Kier molecular flexibility index (Phi) is 4.32. The van der Waals surface area contributed by atoms with E-state index in [0.717, 1.165) is 45.3 Å². The summed E-state index contributed by atoms with van der Waals surface area (Å²) in [5.74, 6) is 1.51. The molecule has 0 radical (unpaired) electrons. The molecule has 2 aliphatic heterocycles.